The number of rotatable bonds is 10. The minimum Gasteiger partial charge on any atom is -0.457 e. The molecule has 1 aliphatic rings. The van der Waals surface area contributed by atoms with Gasteiger partial charge in [0.25, 0.3) is 0 Å². The number of carbonyl (C=O) groups is 4. The van der Waals surface area contributed by atoms with Gasteiger partial charge in [-0.05, 0) is 17.7 Å². The lowest BCUT2D eigenvalue weighted by Gasteiger charge is -2.50. The molecular formula is C28H29N4O6+. The first kappa shape index (κ1) is 26.7. The number of ether oxygens (including phenoxy) is 2. The molecule has 3 aromatic carbocycles. The zero-order valence-corrected chi connectivity index (χ0v) is 20.9. The lowest BCUT2D eigenvalue weighted by molar-refractivity contribution is -0.196. The normalized spacial score (nSPS) is 17.9. The molecule has 38 heavy (non-hydrogen) atoms. The molecule has 2 atom stereocenters. The van der Waals surface area contributed by atoms with Gasteiger partial charge < -0.3 is 25.8 Å². The number of anilines is 1. The lowest BCUT2D eigenvalue weighted by Crippen LogP contribution is -2.86. The second-order valence-corrected chi connectivity index (χ2v) is 8.63. The Labute approximate surface area is 219 Å². The Morgan fingerprint density at radius 2 is 1.58 bits per heavy atom. The molecule has 0 radical (unpaired) electrons. The standard InChI is InChI=1S/C28H28N4O6/c1-37-28(19-31-27(28)36)32(24(33)16-29,21-12-6-3-7-13-21)25(34)17-30-23-15-9-8-14-22(23)26(35)38-18-20-10-4-2-5-11-20/h2-15H,16-19,29H2,1H3,(H-,30,31,35,36)/p+1. The van der Waals surface area contributed by atoms with Crippen LogP contribution < -0.4 is 20.9 Å². The maximum Gasteiger partial charge on any atom is 0.348 e. The van der Waals surface area contributed by atoms with Crippen molar-refractivity contribution >= 4 is 35.1 Å². The number of quaternary nitrogens is 1. The number of hydrogen-bond acceptors (Lipinski definition) is 8. The predicted molar refractivity (Wildman–Crippen MR) is 141 cm³/mol. The van der Waals surface area contributed by atoms with Crippen LogP contribution in [0, 0.1) is 0 Å². The smallest absolute Gasteiger partial charge is 0.348 e. The van der Waals surface area contributed by atoms with Crippen LogP contribution in [0.25, 0.3) is 0 Å². The monoisotopic (exact) mass is 517 g/mol. The summed E-state index contributed by atoms with van der Waals surface area (Å²) in [6.07, 6.45) is 0. The summed E-state index contributed by atoms with van der Waals surface area (Å²) in [4.78, 5) is 53.2. The summed E-state index contributed by atoms with van der Waals surface area (Å²) in [6.45, 7) is -0.919. The fourth-order valence-corrected chi connectivity index (χ4v) is 4.62. The van der Waals surface area contributed by atoms with Gasteiger partial charge in [0.2, 0.25) is 0 Å². The number of hydrogen-bond donors (Lipinski definition) is 3. The molecule has 1 aliphatic heterocycles. The number of carbonyl (C=O) groups excluding carboxylic acids is 4. The highest BCUT2D eigenvalue weighted by atomic mass is 16.5. The Bertz CT molecular complexity index is 1330. The number of benzene rings is 3. The first-order valence-electron chi connectivity index (χ1n) is 12.0. The van der Waals surface area contributed by atoms with E-state index in [4.69, 9.17) is 15.2 Å². The molecule has 1 fully saturated rings. The highest BCUT2D eigenvalue weighted by Gasteiger charge is 2.71. The van der Waals surface area contributed by atoms with E-state index in [0.29, 0.717) is 5.69 Å². The summed E-state index contributed by atoms with van der Waals surface area (Å²) in [5.74, 6) is -2.59. The van der Waals surface area contributed by atoms with E-state index >= 15 is 0 Å². The minimum absolute atomic E-state index is 0.0723. The van der Waals surface area contributed by atoms with Gasteiger partial charge in [-0.15, -0.1) is 4.48 Å². The van der Waals surface area contributed by atoms with Gasteiger partial charge >= 0.3 is 29.4 Å². The van der Waals surface area contributed by atoms with Crippen LogP contribution in [0.5, 0.6) is 0 Å². The Morgan fingerprint density at radius 3 is 2.16 bits per heavy atom. The van der Waals surface area contributed by atoms with E-state index in [1.54, 1.807) is 54.6 Å². The molecule has 3 aromatic rings. The third kappa shape index (κ3) is 4.56. The van der Waals surface area contributed by atoms with Crippen LogP contribution in [0.2, 0.25) is 0 Å². The van der Waals surface area contributed by atoms with Gasteiger partial charge in [-0.25, -0.2) is 14.4 Å². The van der Waals surface area contributed by atoms with Gasteiger partial charge in [0.1, 0.15) is 26.2 Å². The molecule has 0 spiro atoms. The van der Waals surface area contributed by atoms with Crippen molar-refractivity contribution in [2.24, 2.45) is 5.73 Å². The molecule has 4 N–H and O–H groups in total. The lowest BCUT2D eigenvalue weighted by atomic mass is 9.96. The molecule has 2 unspecified atom stereocenters. The zero-order valence-electron chi connectivity index (χ0n) is 20.9. The summed E-state index contributed by atoms with van der Waals surface area (Å²) >= 11 is 0. The van der Waals surface area contributed by atoms with E-state index < -0.39 is 47.0 Å². The van der Waals surface area contributed by atoms with Crippen LogP contribution in [0.4, 0.5) is 11.4 Å². The number of esters is 1. The fraction of sp³-hybridized carbons (Fsp3) is 0.214. The summed E-state index contributed by atoms with van der Waals surface area (Å²) in [5, 5.41) is 5.54. The molecule has 10 heteroatoms. The van der Waals surface area contributed by atoms with Crippen LogP contribution in [0.3, 0.4) is 0 Å². The third-order valence-electron chi connectivity index (χ3n) is 6.58. The largest absolute Gasteiger partial charge is 0.457 e. The SMILES string of the molecule is COC1([N+](C(=O)CN)(C(=O)CNc2ccccc2C(=O)OCc2ccccc2)c2ccccc2)CNC1=O. The average molecular weight is 518 g/mol. The molecule has 3 amide bonds. The Morgan fingerprint density at radius 1 is 0.947 bits per heavy atom. The van der Waals surface area contributed by atoms with Gasteiger partial charge in [-0.3, -0.25) is 4.79 Å². The van der Waals surface area contributed by atoms with Gasteiger partial charge in [0.15, 0.2) is 5.69 Å². The van der Waals surface area contributed by atoms with Crippen molar-refractivity contribution in [3.8, 4) is 0 Å². The number of β-lactam (4-membered cyclic amide) rings is 1. The Hall–Kier alpha value is -4.38. The second kappa shape index (κ2) is 11.3. The van der Waals surface area contributed by atoms with Gasteiger partial charge in [-0.2, -0.15) is 0 Å². The number of nitrogens with two attached hydrogens (primary N) is 1. The molecule has 1 saturated heterocycles. The van der Waals surface area contributed by atoms with Crippen LogP contribution >= 0.6 is 0 Å². The quantitative estimate of drug-likeness (QED) is 0.161. The summed E-state index contributed by atoms with van der Waals surface area (Å²) in [5.41, 5.74) is 5.55. The second-order valence-electron chi connectivity index (χ2n) is 8.63. The van der Waals surface area contributed by atoms with E-state index in [9.17, 15) is 19.2 Å². The van der Waals surface area contributed by atoms with E-state index in [1.807, 2.05) is 30.3 Å². The molecular weight excluding hydrogens is 488 g/mol. The molecule has 0 saturated carbocycles. The molecule has 0 bridgehead atoms. The van der Waals surface area contributed by atoms with Crippen molar-refractivity contribution in [2.75, 3.05) is 32.1 Å². The number of para-hydroxylation sites is 2. The Kier molecular flexibility index (Phi) is 7.96. The summed E-state index contributed by atoms with van der Waals surface area (Å²) < 4.78 is 9.98. The van der Waals surface area contributed by atoms with Gasteiger partial charge in [-0.1, -0.05) is 60.7 Å². The first-order valence-corrected chi connectivity index (χ1v) is 12.0. The van der Waals surface area contributed by atoms with E-state index in [-0.39, 0.29) is 24.4 Å². The van der Waals surface area contributed by atoms with Crippen LogP contribution in [0.15, 0.2) is 84.9 Å². The number of amides is 3. The van der Waals surface area contributed by atoms with Crippen LogP contribution in [0.1, 0.15) is 15.9 Å². The molecule has 0 aliphatic carbocycles. The van der Waals surface area contributed by atoms with E-state index in [2.05, 4.69) is 10.6 Å². The topological polar surface area (TPSA) is 137 Å². The maximum absolute atomic E-state index is 14.0. The van der Waals surface area contributed by atoms with E-state index in [0.717, 1.165) is 5.56 Å². The maximum atomic E-state index is 14.0. The number of methoxy groups -OCH3 is 1. The van der Waals surface area contributed by atoms with Crippen molar-refractivity contribution in [1.29, 1.82) is 0 Å². The molecule has 10 nitrogen and oxygen atoms in total. The third-order valence-corrected chi connectivity index (χ3v) is 6.58. The number of imide groups is 1. The summed E-state index contributed by atoms with van der Waals surface area (Å²) in [7, 11) is 1.28. The molecule has 1 heterocycles. The molecule has 0 aromatic heterocycles. The fourth-order valence-electron chi connectivity index (χ4n) is 4.62. The average Bonchev–Trinajstić information content (AvgIpc) is 2.97. The van der Waals surface area contributed by atoms with Crippen molar-refractivity contribution in [3.05, 3.63) is 96.1 Å². The van der Waals surface area contributed by atoms with Crippen molar-refractivity contribution in [3.63, 3.8) is 0 Å². The highest BCUT2D eigenvalue weighted by Crippen LogP contribution is 2.38. The van der Waals surface area contributed by atoms with Crippen molar-refractivity contribution in [1.82, 2.24) is 9.80 Å². The first-order chi connectivity index (χ1) is 18.4. The Balaban J connectivity index is 1.64. The number of nitrogens with one attached hydrogen (secondary N) is 2. The van der Waals surface area contributed by atoms with Gasteiger partial charge in [0, 0.05) is 24.9 Å². The minimum atomic E-state index is -1.83. The molecule has 196 valence electrons. The highest BCUT2D eigenvalue weighted by molar-refractivity contribution is 6.17. The summed E-state index contributed by atoms with van der Waals surface area (Å²) in [6, 6.07) is 24.0. The number of nitrogens with zero attached hydrogens (tertiary/aromatic N) is 1. The molecule has 4 rings (SSSR count). The van der Waals surface area contributed by atoms with Crippen molar-refractivity contribution < 1.29 is 28.7 Å². The van der Waals surface area contributed by atoms with Crippen molar-refractivity contribution in [2.45, 2.75) is 12.3 Å². The van der Waals surface area contributed by atoms with Crippen LogP contribution in [-0.2, 0) is 30.5 Å². The predicted octanol–water partition coefficient (Wildman–Crippen LogP) is 1.95. The van der Waals surface area contributed by atoms with E-state index in [1.165, 1.54) is 7.11 Å². The zero-order chi connectivity index (χ0) is 27.2. The van der Waals surface area contributed by atoms with Gasteiger partial charge in [0.05, 0.1) is 5.56 Å². The van der Waals surface area contributed by atoms with Crippen LogP contribution in [-0.4, -0.2) is 56.2 Å².